The third-order valence-corrected chi connectivity index (χ3v) is 4.79. The molecule has 0 fully saturated rings. The summed E-state index contributed by atoms with van der Waals surface area (Å²) in [5.74, 6) is -3.60. The molecule has 0 spiro atoms. The van der Waals surface area contributed by atoms with Gasteiger partial charge in [-0.15, -0.1) is 11.8 Å². The van der Waals surface area contributed by atoms with E-state index in [1.807, 2.05) is 6.26 Å². The molecule has 0 aromatic heterocycles. The molecule has 4 nitrogen and oxygen atoms in total. The Morgan fingerprint density at radius 2 is 1.58 bits per heavy atom. The number of ether oxygens (including phenoxy) is 1. The molecular formula is C18H17F2NO3S2. The molecule has 26 heavy (non-hydrogen) atoms. The molecule has 1 N–H and O–H groups in total. The molecule has 0 bridgehead atoms. The molecule has 1 amide bonds. The standard InChI is InChI=1S/C18H17F2NO3S2/c1-11(24-17(23)12-3-7-14(25-2)8-4-12)16(22)21-13-5-9-15(10-6-13)26-18(19)20/h3-11,18H,1-2H3,(H,21,22)/t11-/m0/s1. The number of halogens is 2. The minimum atomic E-state index is -2.50. The van der Waals surface area contributed by atoms with E-state index in [2.05, 4.69) is 5.32 Å². The van der Waals surface area contributed by atoms with Crippen molar-refractivity contribution in [2.45, 2.75) is 28.6 Å². The molecule has 0 aliphatic carbocycles. The van der Waals surface area contributed by atoms with Gasteiger partial charge >= 0.3 is 5.97 Å². The van der Waals surface area contributed by atoms with Crippen LogP contribution in [0.3, 0.4) is 0 Å². The van der Waals surface area contributed by atoms with Gasteiger partial charge in [0.05, 0.1) is 5.56 Å². The van der Waals surface area contributed by atoms with E-state index in [0.29, 0.717) is 27.9 Å². The van der Waals surface area contributed by atoms with Crippen LogP contribution < -0.4 is 5.32 Å². The highest BCUT2D eigenvalue weighted by Gasteiger charge is 2.19. The molecule has 2 rings (SSSR count). The van der Waals surface area contributed by atoms with Crippen LogP contribution in [0, 0.1) is 0 Å². The Bertz CT molecular complexity index is 752. The van der Waals surface area contributed by atoms with Gasteiger partial charge in [-0.25, -0.2) is 4.79 Å². The smallest absolute Gasteiger partial charge is 0.338 e. The van der Waals surface area contributed by atoms with Crippen LogP contribution in [0.2, 0.25) is 0 Å². The Hall–Kier alpha value is -2.06. The number of hydrogen-bond acceptors (Lipinski definition) is 5. The number of alkyl halides is 2. The second kappa shape index (κ2) is 9.59. The normalized spacial score (nSPS) is 11.9. The number of carbonyl (C=O) groups excluding carboxylic acids is 2. The number of anilines is 1. The van der Waals surface area contributed by atoms with Gasteiger partial charge in [-0.3, -0.25) is 4.79 Å². The van der Waals surface area contributed by atoms with Crippen LogP contribution in [0.4, 0.5) is 14.5 Å². The first kappa shape index (κ1) is 20.3. The first-order valence-electron chi connectivity index (χ1n) is 7.60. The van der Waals surface area contributed by atoms with Gasteiger partial charge in [0, 0.05) is 15.5 Å². The number of amides is 1. The van der Waals surface area contributed by atoms with E-state index in [-0.39, 0.29) is 0 Å². The van der Waals surface area contributed by atoms with E-state index in [1.54, 1.807) is 36.0 Å². The van der Waals surface area contributed by atoms with Crippen LogP contribution in [-0.2, 0) is 9.53 Å². The SMILES string of the molecule is CSc1ccc(C(=O)O[C@@H](C)C(=O)Nc2ccc(SC(F)F)cc2)cc1. The number of rotatable bonds is 7. The van der Waals surface area contributed by atoms with Gasteiger partial charge in [0.15, 0.2) is 6.10 Å². The molecule has 1 atom stereocenters. The summed E-state index contributed by atoms with van der Waals surface area (Å²) in [5, 5.41) is 2.58. The summed E-state index contributed by atoms with van der Waals surface area (Å²) >= 11 is 1.98. The average molecular weight is 397 g/mol. The fraction of sp³-hybridized carbons (Fsp3) is 0.222. The lowest BCUT2D eigenvalue weighted by molar-refractivity contribution is -0.123. The lowest BCUT2D eigenvalue weighted by Gasteiger charge is -2.14. The highest BCUT2D eigenvalue weighted by Crippen LogP contribution is 2.26. The maximum absolute atomic E-state index is 12.3. The van der Waals surface area contributed by atoms with Crippen LogP contribution in [0.5, 0.6) is 0 Å². The first-order valence-corrected chi connectivity index (χ1v) is 9.70. The fourth-order valence-electron chi connectivity index (χ4n) is 1.97. The van der Waals surface area contributed by atoms with Crippen molar-refractivity contribution in [3.8, 4) is 0 Å². The van der Waals surface area contributed by atoms with Crippen LogP contribution in [0.25, 0.3) is 0 Å². The number of nitrogens with one attached hydrogen (secondary N) is 1. The Kier molecular flexibility index (Phi) is 7.47. The monoisotopic (exact) mass is 397 g/mol. The van der Waals surface area contributed by atoms with Gasteiger partial charge in [0.25, 0.3) is 11.7 Å². The van der Waals surface area contributed by atoms with Crippen LogP contribution in [0.1, 0.15) is 17.3 Å². The third kappa shape index (κ3) is 6.03. The van der Waals surface area contributed by atoms with E-state index in [0.717, 1.165) is 4.90 Å². The summed E-state index contributed by atoms with van der Waals surface area (Å²) in [6.07, 6.45) is 0.927. The number of benzene rings is 2. The van der Waals surface area contributed by atoms with Crippen molar-refractivity contribution >= 4 is 41.1 Å². The number of carbonyl (C=O) groups is 2. The maximum Gasteiger partial charge on any atom is 0.338 e. The van der Waals surface area contributed by atoms with Gasteiger partial charge in [0.1, 0.15) is 0 Å². The van der Waals surface area contributed by atoms with Crippen LogP contribution >= 0.6 is 23.5 Å². The zero-order valence-electron chi connectivity index (χ0n) is 14.1. The largest absolute Gasteiger partial charge is 0.449 e. The summed E-state index contributed by atoms with van der Waals surface area (Å²) in [4.78, 5) is 25.6. The summed E-state index contributed by atoms with van der Waals surface area (Å²) < 4.78 is 29.7. The van der Waals surface area contributed by atoms with Gasteiger partial charge in [-0.1, -0.05) is 11.8 Å². The molecule has 0 saturated carbocycles. The van der Waals surface area contributed by atoms with E-state index in [9.17, 15) is 18.4 Å². The average Bonchev–Trinajstić information content (AvgIpc) is 2.62. The summed E-state index contributed by atoms with van der Waals surface area (Å²) in [7, 11) is 0. The van der Waals surface area contributed by atoms with Gasteiger partial charge < -0.3 is 10.1 Å². The molecule has 2 aromatic rings. The van der Waals surface area contributed by atoms with Crippen molar-refractivity contribution in [1.29, 1.82) is 0 Å². The molecule has 138 valence electrons. The molecule has 0 unspecified atom stereocenters. The van der Waals surface area contributed by atoms with Gasteiger partial charge in [-0.05, 0) is 61.7 Å². The third-order valence-electron chi connectivity index (χ3n) is 3.33. The zero-order valence-corrected chi connectivity index (χ0v) is 15.7. The lowest BCUT2D eigenvalue weighted by Crippen LogP contribution is -2.30. The number of esters is 1. The number of hydrogen-bond donors (Lipinski definition) is 1. The van der Waals surface area contributed by atoms with Crippen LogP contribution in [0.15, 0.2) is 58.3 Å². The predicted molar refractivity (Wildman–Crippen MR) is 100 cm³/mol. The number of thioether (sulfide) groups is 2. The maximum atomic E-state index is 12.3. The van der Waals surface area contributed by atoms with Crippen molar-refractivity contribution in [1.82, 2.24) is 0 Å². The lowest BCUT2D eigenvalue weighted by atomic mass is 10.2. The molecule has 0 radical (unpaired) electrons. The summed E-state index contributed by atoms with van der Waals surface area (Å²) in [6.45, 7) is 1.46. The minimum Gasteiger partial charge on any atom is -0.449 e. The summed E-state index contributed by atoms with van der Waals surface area (Å²) in [6, 6.07) is 12.9. The van der Waals surface area contributed by atoms with Crippen molar-refractivity contribution in [2.75, 3.05) is 11.6 Å². The first-order chi connectivity index (χ1) is 12.4. The minimum absolute atomic E-state index is 0.357. The van der Waals surface area contributed by atoms with E-state index >= 15 is 0 Å². The molecule has 0 heterocycles. The Morgan fingerprint density at radius 3 is 2.12 bits per heavy atom. The molecule has 2 aromatic carbocycles. The van der Waals surface area contributed by atoms with Crippen LogP contribution in [-0.4, -0.2) is 30.0 Å². The molecule has 0 aliphatic heterocycles. The highest BCUT2D eigenvalue weighted by molar-refractivity contribution is 7.99. The highest BCUT2D eigenvalue weighted by atomic mass is 32.2. The molecular weight excluding hydrogens is 380 g/mol. The Labute approximate surface area is 158 Å². The van der Waals surface area contributed by atoms with E-state index < -0.39 is 23.7 Å². The topological polar surface area (TPSA) is 55.4 Å². The van der Waals surface area contributed by atoms with Crippen molar-refractivity contribution < 1.29 is 23.1 Å². The summed E-state index contributed by atoms with van der Waals surface area (Å²) in [5.41, 5.74) is 0.789. The molecule has 0 aliphatic rings. The predicted octanol–water partition coefficient (Wildman–Crippen LogP) is 4.91. The van der Waals surface area contributed by atoms with Crippen molar-refractivity contribution in [2.24, 2.45) is 0 Å². The van der Waals surface area contributed by atoms with Crippen molar-refractivity contribution in [3.63, 3.8) is 0 Å². The van der Waals surface area contributed by atoms with Gasteiger partial charge in [0.2, 0.25) is 0 Å². The second-order valence-corrected chi connectivity index (χ2v) is 7.11. The molecule has 8 heteroatoms. The zero-order chi connectivity index (χ0) is 19.1. The van der Waals surface area contributed by atoms with Crippen molar-refractivity contribution in [3.05, 3.63) is 54.1 Å². The fourth-order valence-corrected chi connectivity index (χ4v) is 2.88. The van der Waals surface area contributed by atoms with Gasteiger partial charge in [-0.2, -0.15) is 8.78 Å². The Morgan fingerprint density at radius 1 is 1.00 bits per heavy atom. The van der Waals surface area contributed by atoms with E-state index in [1.165, 1.54) is 31.2 Å². The second-order valence-electron chi connectivity index (χ2n) is 5.17. The quantitative estimate of drug-likeness (QED) is 0.532. The Balaban J connectivity index is 1.90. The molecule has 0 saturated heterocycles. The van der Waals surface area contributed by atoms with E-state index in [4.69, 9.17) is 4.74 Å².